The summed E-state index contributed by atoms with van der Waals surface area (Å²) in [4.78, 5) is 21.8. The Labute approximate surface area is 170 Å². The largest absolute Gasteiger partial charge is 0.491 e. The van der Waals surface area contributed by atoms with Crippen molar-refractivity contribution >= 4 is 44.8 Å². The molecular formula is C19H18N6O3S. The molecule has 3 aromatic heterocycles. The molecule has 1 amide bonds. The number of hydrogen-bond donors (Lipinski definition) is 3. The normalized spacial score (nSPS) is 10.7. The maximum atomic E-state index is 12.7. The number of ether oxygens (including phenoxy) is 2. The summed E-state index contributed by atoms with van der Waals surface area (Å²) >= 11 is 1.22. The number of pyridine rings is 1. The van der Waals surface area contributed by atoms with Crippen molar-refractivity contribution < 1.29 is 14.3 Å². The number of fused-ring (bicyclic) bond motifs is 1. The Balaban J connectivity index is 1.52. The van der Waals surface area contributed by atoms with Crippen LogP contribution in [0, 0.1) is 6.92 Å². The van der Waals surface area contributed by atoms with Gasteiger partial charge in [0.15, 0.2) is 10.9 Å². The minimum Gasteiger partial charge on any atom is -0.491 e. The van der Waals surface area contributed by atoms with Crippen LogP contribution in [0.15, 0.2) is 36.7 Å². The minimum absolute atomic E-state index is 0.243. The van der Waals surface area contributed by atoms with E-state index >= 15 is 0 Å². The molecule has 10 heteroatoms. The Bertz CT molecular complexity index is 1190. The number of aromatic nitrogens is 4. The molecule has 9 nitrogen and oxygen atoms in total. The van der Waals surface area contributed by atoms with Crippen LogP contribution in [-0.4, -0.2) is 40.3 Å². The molecule has 3 heterocycles. The van der Waals surface area contributed by atoms with Gasteiger partial charge in [0.05, 0.1) is 37.8 Å². The van der Waals surface area contributed by atoms with Crippen LogP contribution in [0.5, 0.6) is 11.6 Å². The quantitative estimate of drug-likeness (QED) is 0.444. The highest BCUT2D eigenvalue weighted by Gasteiger charge is 2.15. The number of anilines is 3. The number of nitrogens with one attached hydrogen (secondary N) is 3. The van der Waals surface area contributed by atoms with Crippen LogP contribution in [0.2, 0.25) is 0 Å². The van der Waals surface area contributed by atoms with Gasteiger partial charge in [0.1, 0.15) is 10.7 Å². The molecule has 3 N–H and O–H groups in total. The second-order valence-corrected chi connectivity index (χ2v) is 7.14. The Kier molecular flexibility index (Phi) is 5.00. The van der Waals surface area contributed by atoms with E-state index in [1.807, 2.05) is 19.1 Å². The summed E-state index contributed by atoms with van der Waals surface area (Å²) in [5.74, 6) is 1.17. The smallest absolute Gasteiger partial charge is 0.267 e. The summed E-state index contributed by atoms with van der Waals surface area (Å²) in [6, 6.07) is 7.34. The van der Waals surface area contributed by atoms with Crippen LogP contribution in [0.25, 0.3) is 10.9 Å². The number of aromatic amines is 1. The van der Waals surface area contributed by atoms with Gasteiger partial charge in [-0.15, -0.1) is 0 Å². The molecule has 0 atom stereocenters. The molecule has 29 heavy (non-hydrogen) atoms. The fourth-order valence-corrected chi connectivity index (χ4v) is 3.53. The zero-order valence-electron chi connectivity index (χ0n) is 15.9. The highest BCUT2D eigenvalue weighted by atomic mass is 32.1. The van der Waals surface area contributed by atoms with E-state index in [4.69, 9.17) is 9.47 Å². The molecule has 0 unspecified atom stereocenters. The average molecular weight is 410 g/mol. The third-order valence-electron chi connectivity index (χ3n) is 4.27. The second-order valence-electron chi connectivity index (χ2n) is 6.11. The number of thiazole rings is 1. The summed E-state index contributed by atoms with van der Waals surface area (Å²) in [5.41, 5.74) is 2.53. The topological polar surface area (TPSA) is 114 Å². The van der Waals surface area contributed by atoms with Crippen molar-refractivity contribution in [2.45, 2.75) is 6.92 Å². The molecule has 0 fully saturated rings. The number of carbonyl (C=O) groups is 1. The van der Waals surface area contributed by atoms with Gasteiger partial charge in [0.25, 0.3) is 11.8 Å². The number of benzene rings is 1. The maximum absolute atomic E-state index is 12.7. The van der Waals surface area contributed by atoms with Gasteiger partial charge in [-0.25, -0.2) is 4.98 Å². The van der Waals surface area contributed by atoms with Crippen molar-refractivity contribution in [3.8, 4) is 11.6 Å². The van der Waals surface area contributed by atoms with Crippen molar-refractivity contribution in [3.05, 3.63) is 47.1 Å². The number of rotatable bonds is 6. The molecule has 4 aromatic rings. The summed E-state index contributed by atoms with van der Waals surface area (Å²) < 4.78 is 10.4. The zero-order valence-corrected chi connectivity index (χ0v) is 16.8. The van der Waals surface area contributed by atoms with E-state index in [-0.39, 0.29) is 5.91 Å². The van der Waals surface area contributed by atoms with E-state index in [0.717, 1.165) is 22.2 Å². The number of methoxy groups -OCH3 is 2. The first kappa shape index (κ1) is 18.7. The van der Waals surface area contributed by atoms with Gasteiger partial charge in [-0.05, 0) is 30.7 Å². The molecule has 0 aliphatic carbocycles. The van der Waals surface area contributed by atoms with Crippen molar-refractivity contribution in [2.75, 3.05) is 24.9 Å². The molecule has 0 radical (unpaired) electrons. The lowest BCUT2D eigenvalue weighted by Gasteiger charge is -2.09. The van der Waals surface area contributed by atoms with Crippen LogP contribution >= 0.6 is 11.3 Å². The van der Waals surface area contributed by atoms with E-state index in [0.29, 0.717) is 27.5 Å². The molecule has 0 saturated heterocycles. The SMILES string of the molecule is COc1ccc(Nc2ncc(C(=O)Nc3c(C)ccc4[nH]ncc34)s2)nc1OC. The number of nitrogens with zero attached hydrogens (tertiary/aromatic N) is 3. The highest BCUT2D eigenvalue weighted by molar-refractivity contribution is 7.17. The standard InChI is InChI=1S/C19H18N6O3S/c1-10-4-5-12-11(8-21-25-12)16(10)24-17(26)14-9-20-19(29-14)23-15-7-6-13(27-2)18(22-15)28-3/h4-9H,1-3H3,(H,21,25)(H,24,26)(H,20,22,23). The monoisotopic (exact) mass is 410 g/mol. The lowest BCUT2D eigenvalue weighted by atomic mass is 10.1. The molecular weight excluding hydrogens is 392 g/mol. The average Bonchev–Trinajstić information content (AvgIpc) is 3.39. The van der Waals surface area contributed by atoms with E-state index in [9.17, 15) is 4.79 Å². The predicted octanol–water partition coefficient (Wildman–Crippen LogP) is 3.74. The van der Waals surface area contributed by atoms with E-state index in [1.54, 1.807) is 25.4 Å². The number of carbonyl (C=O) groups excluding carboxylic acids is 1. The third kappa shape index (κ3) is 3.69. The van der Waals surface area contributed by atoms with Crippen LogP contribution in [0.1, 0.15) is 15.2 Å². The summed E-state index contributed by atoms with van der Waals surface area (Å²) in [7, 11) is 3.06. The molecule has 0 bridgehead atoms. The lowest BCUT2D eigenvalue weighted by Crippen LogP contribution is -2.11. The first-order chi connectivity index (χ1) is 14.1. The Hall–Kier alpha value is -3.66. The van der Waals surface area contributed by atoms with Gasteiger partial charge in [0, 0.05) is 5.39 Å². The number of hydrogen-bond acceptors (Lipinski definition) is 8. The zero-order chi connectivity index (χ0) is 20.4. The van der Waals surface area contributed by atoms with Crippen molar-refractivity contribution in [1.29, 1.82) is 0 Å². The second kappa shape index (κ2) is 7.76. The van der Waals surface area contributed by atoms with Gasteiger partial charge in [-0.2, -0.15) is 10.1 Å². The molecule has 1 aromatic carbocycles. The van der Waals surface area contributed by atoms with Crippen LogP contribution in [0.4, 0.5) is 16.6 Å². The Morgan fingerprint density at radius 3 is 2.79 bits per heavy atom. The Morgan fingerprint density at radius 1 is 1.14 bits per heavy atom. The van der Waals surface area contributed by atoms with Gasteiger partial charge in [0.2, 0.25) is 0 Å². The molecule has 0 spiro atoms. The first-order valence-electron chi connectivity index (χ1n) is 8.65. The van der Waals surface area contributed by atoms with E-state index < -0.39 is 0 Å². The number of aryl methyl sites for hydroxylation is 1. The number of amides is 1. The fraction of sp³-hybridized carbons (Fsp3) is 0.158. The predicted molar refractivity (Wildman–Crippen MR) is 112 cm³/mol. The fourth-order valence-electron chi connectivity index (χ4n) is 2.81. The first-order valence-corrected chi connectivity index (χ1v) is 9.46. The van der Waals surface area contributed by atoms with Gasteiger partial charge < -0.3 is 20.1 Å². The highest BCUT2D eigenvalue weighted by Crippen LogP contribution is 2.30. The molecule has 4 rings (SSSR count). The molecule has 148 valence electrons. The summed E-state index contributed by atoms with van der Waals surface area (Å²) in [6.45, 7) is 1.93. The Morgan fingerprint density at radius 2 is 2.00 bits per heavy atom. The van der Waals surface area contributed by atoms with Crippen LogP contribution in [0.3, 0.4) is 0 Å². The van der Waals surface area contributed by atoms with Gasteiger partial charge >= 0.3 is 0 Å². The van der Waals surface area contributed by atoms with E-state index in [1.165, 1.54) is 24.6 Å². The number of H-pyrrole nitrogens is 1. The maximum Gasteiger partial charge on any atom is 0.267 e. The van der Waals surface area contributed by atoms with Crippen molar-refractivity contribution in [2.24, 2.45) is 0 Å². The minimum atomic E-state index is -0.243. The van der Waals surface area contributed by atoms with E-state index in [2.05, 4.69) is 30.8 Å². The van der Waals surface area contributed by atoms with Gasteiger partial charge in [-0.3, -0.25) is 9.89 Å². The lowest BCUT2D eigenvalue weighted by molar-refractivity contribution is 0.103. The summed E-state index contributed by atoms with van der Waals surface area (Å²) in [6.07, 6.45) is 3.22. The summed E-state index contributed by atoms with van der Waals surface area (Å²) in [5, 5.41) is 14.4. The molecule has 0 aliphatic heterocycles. The third-order valence-corrected chi connectivity index (χ3v) is 5.19. The molecule has 0 aliphatic rings. The van der Waals surface area contributed by atoms with Crippen molar-refractivity contribution in [3.63, 3.8) is 0 Å². The van der Waals surface area contributed by atoms with Crippen LogP contribution < -0.4 is 20.1 Å². The van der Waals surface area contributed by atoms with Crippen LogP contribution in [-0.2, 0) is 0 Å². The van der Waals surface area contributed by atoms with Crippen molar-refractivity contribution in [1.82, 2.24) is 20.2 Å². The van der Waals surface area contributed by atoms with Gasteiger partial charge in [-0.1, -0.05) is 17.4 Å². The molecule has 0 saturated carbocycles.